The van der Waals surface area contributed by atoms with Crippen molar-refractivity contribution in [2.75, 3.05) is 37.7 Å². The number of hydrogen-bond donors (Lipinski definition) is 0. The van der Waals surface area contributed by atoms with Crippen LogP contribution in [0.4, 0.5) is 17.1 Å². The Balaban J connectivity index is 1.65. The first-order valence-corrected chi connectivity index (χ1v) is 9.60. The lowest BCUT2D eigenvalue weighted by Crippen LogP contribution is -2.24. The topological polar surface area (TPSA) is 63.6 Å². The summed E-state index contributed by atoms with van der Waals surface area (Å²) in [5.74, 6) is 1.20. The molecule has 3 aromatic heterocycles. The van der Waals surface area contributed by atoms with E-state index in [2.05, 4.69) is 50.0 Å². The lowest BCUT2D eigenvalue weighted by Gasteiger charge is -2.20. The van der Waals surface area contributed by atoms with Gasteiger partial charge in [-0.3, -0.25) is 4.98 Å². The number of ether oxygens (including phenoxy) is 2. The zero-order valence-corrected chi connectivity index (χ0v) is 17.0. The highest BCUT2D eigenvalue weighted by molar-refractivity contribution is 6.03. The highest BCUT2D eigenvalue weighted by atomic mass is 16.5. The minimum Gasteiger partial charge on any atom is -0.481 e. The number of benzene rings is 1. The average Bonchev–Trinajstić information content (AvgIpc) is 3.15. The third-order valence-electron chi connectivity index (χ3n) is 5.38. The maximum Gasteiger partial charge on any atom is 0.213 e. The SMILES string of the molecule is COc1ccc(-c2ccc3ncc4c(c3c2)N(c2ccc(OC)nc2)CN4C)cn1. The van der Waals surface area contributed by atoms with Gasteiger partial charge in [-0.25, -0.2) is 9.97 Å². The first-order chi connectivity index (χ1) is 14.7. The van der Waals surface area contributed by atoms with Crippen LogP contribution in [-0.4, -0.2) is 42.9 Å². The molecule has 0 radical (unpaired) electrons. The second-order valence-corrected chi connectivity index (χ2v) is 7.14. The van der Waals surface area contributed by atoms with Gasteiger partial charge in [-0.2, -0.15) is 0 Å². The Morgan fingerprint density at radius 1 is 0.800 bits per heavy atom. The molecular weight excluding hydrogens is 378 g/mol. The molecule has 5 rings (SSSR count). The summed E-state index contributed by atoms with van der Waals surface area (Å²) in [5.41, 5.74) is 6.27. The van der Waals surface area contributed by atoms with Gasteiger partial charge in [0.25, 0.3) is 0 Å². The molecule has 0 spiro atoms. The third-order valence-corrected chi connectivity index (χ3v) is 5.38. The van der Waals surface area contributed by atoms with Crippen molar-refractivity contribution in [3.8, 4) is 22.9 Å². The molecular formula is C23H21N5O2. The number of aromatic nitrogens is 3. The van der Waals surface area contributed by atoms with Gasteiger partial charge in [0.2, 0.25) is 11.8 Å². The smallest absolute Gasteiger partial charge is 0.213 e. The van der Waals surface area contributed by atoms with Crippen LogP contribution in [-0.2, 0) is 0 Å². The van der Waals surface area contributed by atoms with E-state index in [0.717, 1.165) is 45.8 Å². The number of fused-ring (bicyclic) bond motifs is 3. The highest BCUT2D eigenvalue weighted by Crippen LogP contribution is 2.44. The Morgan fingerprint density at radius 3 is 2.20 bits per heavy atom. The van der Waals surface area contributed by atoms with Gasteiger partial charge < -0.3 is 19.3 Å². The van der Waals surface area contributed by atoms with Gasteiger partial charge in [-0.15, -0.1) is 0 Å². The van der Waals surface area contributed by atoms with E-state index in [-0.39, 0.29) is 0 Å². The minimum absolute atomic E-state index is 0.598. The molecule has 0 aliphatic carbocycles. The van der Waals surface area contributed by atoms with E-state index in [1.807, 2.05) is 42.9 Å². The van der Waals surface area contributed by atoms with Crippen LogP contribution in [0.1, 0.15) is 0 Å². The summed E-state index contributed by atoms with van der Waals surface area (Å²) < 4.78 is 10.4. The summed E-state index contributed by atoms with van der Waals surface area (Å²) in [7, 11) is 5.31. The first kappa shape index (κ1) is 18.2. The number of hydrogen-bond acceptors (Lipinski definition) is 7. The van der Waals surface area contributed by atoms with Gasteiger partial charge in [0.1, 0.15) is 0 Å². The maximum atomic E-state index is 5.21. The van der Waals surface area contributed by atoms with Crippen LogP contribution < -0.4 is 19.3 Å². The molecule has 1 aliphatic heterocycles. The van der Waals surface area contributed by atoms with Crippen LogP contribution in [0.3, 0.4) is 0 Å². The highest BCUT2D eigenvalue weighted by Gasteiger charge is 2.27. The second kappa shape index (κ2) is 7.18. The van der Waals surface area contributed by atoms with Crippen molar-refractivity contribution in [3.63, 3.8) is 0 Å². The standard InChI is InChI=1S/C23H21N5O2/c1-27-14-28(17-6-9-22(30-3)26-12-17)23-18-10-15(4-7-19(18)24-13-20(23)27)16-5-8-21(29-2)25-11-16/h4-13H,14H2,1-3H3. The number of methoxy groups -OCH3 is 2. The van der Waals surface area contributed by atoms with Crippen molar-refractivity contribution in [1.82, 2.24) is 15.0 Å². The van der Waals surface area contributed by atoms with Crippen LogP contribution >= 0.6 is 0 Å². The van der Waals surface area contributed by atoms with Gasteiger partial charge in [-0.1, -0.05) is 6.07 Å². The van der Waals surface area contributed by atoms with Crippen LogP contribution in [0.25, 0.3) is 22.0 Å². The summed E-state index contributed by atoms with van der Waals surface area (Å²) in [6, 6.07) is 14.1. The molecule has 0 amide bonds. The van der Waals surface area contributed by atoms with Crippen LogP contribution in [0, 0.1) is 0 Å². The van der Waals surface area contributed by atoms with Crippen LogP contribution in [0.5, 0.6) is 11.8 Å². The number of pyridine rings is 3. The van der Waals surface area contributed by atoms with Gasteiger partial charge in [0.05, 0.1) is 55.9 Å². The Labute approximate surface area is 174 Å². The van der Waals surface area contributed by atoms with E-state index in [4.69, 9.17) is 9.47 Å². The number of rotatable bonds is 4. The predicted octanol–water partition coefficient (Wildman–Crippen LogP) is 4.25. The first-order valence-electron chi connectivity index (χ1n) is 9.60. The quantitative estimate of drug-likeness (QED) is 0.508. The van der Waals surface area contributed by atoms with Gasteiger partial charge in [-0.05, 0) is 29.8 Å². The fourth-order valence-electron chi connectivity index (χ4n) is 3.81. The van der Waals surface area contributed by atoms with Crippen molar-refractivity contribution >= 4 is 28.0 Å². The van der Waals surface area contributed by atoms with Crippen molar-refractivity contribution < 1.29 is 9.47 Å². The molecule has 7 nitrogen and oxygen atoms in total. The summed E-state index contributed by atoms with van der Waals surface area (Å²) in [6.45, 7) is 0.721. The van der Waals surface area contributed by atoms with Crippen molar-refractivity contribution in [1.29, 1.82) is 0 Å². The Kier molecular flexibility index (Phi) is 4.35. The van der Waals surface area contributed by atoms with Crippen LogP contribution in [0.15, 0.2) is 61.1 Å². The third kappa shape index (κ3) is 2.95. The normalized spacial score (nSPS) is 12.9. The Hall–Kier alpha value is -3.87. The summed E-state index contributed by atoms with van der Waals surface area (Å²) in [6.07, 6.45) is 5.60. The number of nitrogens with zero attached hydrogens (tertiary/aromatic N) is 5. The predicted molar refractivity (Wildman–Crippen MR) is 118 cm³/mol. The molecule has 7 heteroatoms. The number of anilines is 3. The Bertz CT molecular complexity index is 1210. The van der Waals surface area contributed by atoms with E-state index in [9.17, 15) is 0 Å². The monoisotopic (exact) mass is 399 g/mol. The van der Waals surface area contributed by atoms with E-state index in [1.165, 1.54) is 0 Å². The molecule has 0 unspecified atom stereocenters. The minimum atomic E-state index is 0.598. The molecule has 150 valence electrons. The zero-order chi connectivity index (χ0) is 20.7. The summed E-state index contributed by atoms with van der Waals surface area (Å²) in [4.78, 5) is 17.8. The van der Waals surface area contributed by atoms with Crippen molar-refractivity contribution in [2.24, 2.45) is 0 Å². The Morgan fingerprint density at radius 2 is 1.53 bits per heavy atom. The maximum absolute atomic E-state index is 5.21. The van der Waals surface area contributed by atoms with E-state index >= 15 is 0 Å². The molecule has 1 aliphatic rings. The van der Waals surface area contributed by atoms with Crippen molar-refractivity contribution in [3.05, 3.63) is 61.1 Å². The molecule has 0 atom stereocenters. The van der Waals surface area contributed by atoms with Crippen LogP contribution in [0.2, 0.25) is 0 Å². The molecule has 0 saturated heterocycles. The molecule has 30 heavy (non-hydrogen) atoms. The van der Waals surface area contributed by atoms with E-state index < -0.39 is 0 Å². The molecule has 0 N–H and O–H groups in total. The summed E-state index contributed by atoms with van der Waals surface area (Å²) >= 11 is 0. The lowest BCUT2D eigenvalue weighted by atomic mass is 10.0. The van der Waals surface area contributed by atoms with Crippen molar-refractivity contribution in [2.45, 2.75) is 0 Å². The molecule has 1 aromatic carbocycles. The second-order valence-electron chi connectivity index (χ2n) is 7.14. The summed E-state index contributed by atoms with van der Waals surface area (Å²) in [5, 5.41) is 1.08. The largest absolute Gasteiger partial charge is 0.481 e. The molecule has 0 fully saturated rings. The van der Waals surface area contributed by atoms with E-state index in [0.29, 0.717) is 11.8 Å². The van der Waals surface area contributed by atoms with E-state index in [1.54, 1.807) is 14.2 Å². The fourth-order valence-corrected chi connectivity index (χ4v) is 3.81. The average molecular weight is 399 g/mol. The zero-order valence-electron chi connectivity index (χ0n) is 17.0. The van der Waals surface area contributed by atoms with Gasteiger partial charge >= 0.3 is 0 Å². The fraction of sp³-hybridized carbons (Fsp3) is 0.174. The molecule has 0 bridgehead atoms. The van der Waals surface area contributed by atoms with Gasteiger partial charge in [0, 0.05) is 36.3 Å². The lowest BCUT2D eigenvalue weighted by molar-refractivity contribution is 0.398. The molecule has 0 saturated carbocycles. The van der Waals surface area contributed by atoms with Gasteiger partial charge in [0.15, 0.2) is 0 Å². The molecule has 4 aromatic rings. The molecule has 4 heterocycles.